The molecule has 0 saturated heterocycles. The number of hydrogen-bond donors (Lipinski definition) is 3. The molecule has 0 heterocycles. The van der Waals surface area contributed by atoms with Gasteiger partial charge in [0.2, 0.25) is 0 Å². The van der Waals surface area contributed by atoms with E-state index >= 15 is 0 Å². The number of benzene rings is 2. The molecule has 0 aliphatic heterocycles. The zero-order chi connectivity index (χ0) is 31.8. The minimum Gasteiger partial charge on any atom is -0.494 e. The summed E-state index contributed by atoms with van der Waals surface area (Å²) in [4.78, 5) is 40.4. The molecule has 43 heavy (non-hydrogen) atoms. The number of nitrogens with zero attached hydrogens (tertiary/aromatic N) is 3. The van der Waals surface area contributed by atoms with E-state index in [2.05, 4.69) is 0 Å². The van der Waals surface area contributed by atoms with Gasteiger partial charge in [0, 0.05) is 38.3 Å². The number of carboxylic acids is 3. The maximum absolute atomic E-state index is 11.7. The van der Waals surface area contributed by atoms with E-state index in [0.29, 0.717) is 52.2 Å². The van der Waals surface area contributed by atoms with Crippen molar-refractivity contribution < 1.29 is 39.2 Å². The molecule has 11 nitrogen and oxygen atoms in total. The van der Waals surface area contributed by atoms with Crippen molar-refractivity contribution in [3.05, 3.63) is 59.7 Å². The Morgan fingerprint density at radius 2 is 0.953 bits per heavy atom. The average Bonchev–Trinajstić information content (AvgIpc) is 2.94. The highest BCUT2D eigenvalue weighted by Gasteiger charge is 2.22. The average molecular weight is 602 g/mol. The van der Waals surface area contributed by atoms with Crippen molar-refractivity contribution in [3.8, 4) is 11.5 Å². The van der Waals surface area contributed by atoms with Crippen LogP contribution in [0.4, 0.5) is 0 Å². The Hall–Kier alpha value is -3.67. The van der Waals surface area contributed by atoms with Crippen molar-refractivity contribution in [2.45, 2.75) is 52.6 Å². The summed E-state index contributed by atoms with van der Waals surface area (Å²) in [5.74, 6) is -1.37. The second-order valence-electron chi connectivity index (χ2n) is 10.7. The fourth-order valence-electron chi connectivity index (χ4n) is 4.98. The lowest BCUT2D eigenvalue weighted by atomic mass is 10.1. The van der Waals surface area contributed by atoms with Crippen LogP contribution in [0.5, 0.6) is 11.5 Å². The third-order valence-corrected chi connectivity index (χ3v) is 7.22. The fraction of sp³-hybridized carbons (Fsp3) is 0.531. The molecule has 2 rings (SSSR count). The Balaban J connectivity index is 2.05. The predicted octanol–water partition coefficient (Wildman–Crippen LogP) is 3.21. The highest BCUT2D eigenvalue weighted by molar-refractivity contribution is 5.70. The summed E-state index contributed by atoms with van der Waals surface area (Å²) in [5, 5.41) is 28.7. The van der Waals surface area contributed by atoms with Gasteiger partial charge >= 0.3 is 17.9 Å². The van der Waals surface area contributed by atoms with E-state index in [0.717, 1.165) is 22.6 Å². The minimum absolute atomic E-state index is 0.113. The number of carbonyl (C=O) groups is 3. The van der Waals surface area contributed by atoms with Crippen molar-refractivity contribution in [1.29, 1.82) is 0 Å². The quantitative estimate of drug-likeness (QED) is 0.183. The van der Waals surface area contributed by atoms with Crippen LogP contribution >= 0.6 is 0 Å². The molecule has 11 heteroatoms. The predicted molar refractivity (Wildman–Crippen MR) is 164 cm³/mol. The molecule has 2 aromatic carbocycles. The molecule has 0 amide bonds. The van der Waals surface area contributed by atoms with Gasteiger partial charge in [0.05, 0.1) is 32.8 Å². The van der Waals surface area contributed by atoms with Gasteiger partial charge in [-0.1, -0.05) is 24.3 Å². The summed E-state index contributed by atoms with van der Waals surface area (Å²) in [6.45, 7) is 9.64. The zero-order valence-electron chi connectivity index (χ0n) is 25.8. The third-order valence-electron chi connectivity index (χ3n) is 7.22. The SMILES string of the molecule is CCOc1ccc(CC(C)N(CCN(CCN(CC(=O)O)C(C)Cc2ccc(OCC)cc2)CC(=O)O)CC(=O)O)cc1. The second kappa shape index (κ2) is 18.8. The molecule has 0 spiro atoms. The maximum Gasteiger partial charge on any atom is 0.317 e. The van der Waals surface area contributed by atoms with Gasteiger partial charge in [0.15, 0.2) is 0 Å². The van der Waals surface area contributed by atoms with Gasteiger partial charge < -0.3 is 24.8 Å². The smallest absolute Gasteiger partial charge is 0.317 e. The fourth-order valence-corrected chi connectivity index (χ4v) is 4.98. The first kappa shape index (κ1) is 35.5. The van der Waals surface area contributed by atoms with Gasteiger partial charge in [-0.3, -0.25) is 29.1 Å². The van der Waals surface area contributed by atoms with E-state index in [-0.39, 0.29) is 31.7 Å². The van der Waals surface area contributed by atoms with Crippen molar-refractivity contribution in [2.24, 2.45) is 0 Å². The lowest BCUT2D eigenvalue weighted by Gasteiger charge is -2.33. The summed E-state index contributed by atoms with van der Waals surface area (Å²) >= 11 is 0. The second-order valence-corrected chi connectivity index (χ2v) is 10.7. The number of hydrogen-bond acceptors (Lipinski definition) is 8. The molecule has 0 saturated carbocycles. The van der Waals surface area contributed by atoms with Crippen LogP contribution in [0.2, 0.25) is 0 Å². The zero-order valence-corrected chi connectivity index (χ0v) is 25.8. The van der Waals surface area contributed by atoms with Crippen LogP contribution in [-0.4, -0.2) is 119 Å². The van der Waals surface area contributed by atoms with Gasteiger partial charge in [-0.25, -0.2) is 0 Å². The first-order chi connectivity index (χ1) is 20.5. The van der Waals surface area contributed by atoms with Crippen LogP contribution in [0.25, 0.3) is 0 Å². The molecule has 3 N–H and O–H groups in total. The molecule has 0 bridgehead atoms. The molecule has 0 fully saturated rings. The van der Waals surface area contributed by atoms with Crippen molar-refractivity contribution in [1.82, 2.24) is 14.7 Å². The number of rotatable bonds is 22. The van der Waals surface area contributed by atoms with Crippen molar-refractivity contribution >= 4 is 17.9 Å². The van der Waals surface area contributed by atoms with Gasteiger partial charge in [-0.15, -0.1) is 0 Å². The Morgan fingerprint density at radius 1 is 0.605 bits per heavy atom. The van der Waals surface area contributed by atoms with E-state index < -0.39 is 17.9 Å². The third kappa shape index (κ3) is 13.9. The summed E-state index contributed by atoms with van der Waals surface area (Å²) in [5.41, 5.74) is 2.08. The van der Waals surface area contributed by atoms with Crippen LogP contribution in [0.15, 0.2) is 48.5 Å². The normalized spacial score (nSPS) is 12.8. The molecule has 2 atom stereocenters. The molecule has 238 valence electrons. The lowest BCUT2D eigenvalue weighted by molar-refractivity contribution is -0.141. The highest BCUT2D eigenvalue weighted by atomic mass is 16.5. The highest BCUT2D eigenvalue weighted by Crippen LogP contribution is 2.17. The maximum atomic E-state index is 11.7. The van der Waals surface area contributed by atoms with Gasteiger partial charge in [-0.05, 0) is 75.9 Å². The van der Waals surface area contributed by atoms with E-state index in [4.69, 9.17) is 9.47 Å². The van der Waals surface area contributed by atoms with E-state index in [1.165, 1.54) is 0 Å². The molecule has 2 aromatic rings. The van der Waals surface area contributed by atoms with Gasteiger partial charge in [0.1, 0.15) is 11.5 Å². The molecule has 0 aromatic heterocycles. The van der Waals surface area contributed by atoms with Crippen LogP contribution < -0.4 is 9.47 Å². The molecular weight excluding hydrogens is 554 g/mol. The van der Waals surface area contributed by atoms with E-state index in [9.17, 15) is 29.7 Å². The number of carboxylic acid groups (broad SMARTS) is 3. The summed E-state index contributed by atoms with van der Waals surface area (Å²) in [6, 6.07) is 15.2. The Bertz CT molecular complexity index is 1040. The van der Waals surface area contributed by atoms with Gasteiger partial charge in [-0.2, -0.15) is 0 Å². The Morgan fingerprint density at radius 3 is 1.26 bits per heavy atom. The molecular formula is C32H47N3O8. The summed E-state index contributed by atoms with van der Waals surface area (Å²) < 4.78 is 11.0. The molecule has 0 aliphatic carbocycles. The minimum atomic E-state index is -1.00. The molecule has 0 radical (unpaired) electrons. The van der Waals surface area contributed by atoms with Crippen molar-refractivity contribution in [2.75, 3.05) is 59.0 Å². The van der Waals surface area contributed by atoms with Crippen LogP contribution in [0.1, 0.15) is 38.8 Å². The monoisotopic (exact) mass is 601 g/mol. The standard InChI is InChI=1S/C32H47N3O8/c1-5-42-28-11-7-26(8-12-28)19-24(3)34(22-31(38)39)17-15-33(21-30(36)37)16-18-35(23-32(40)41)25(4)20-27-9-13-29(14-10-27)43-6-2/h7-14,24-25H,5-6,15-23H2,1-4H3,(H,36,37)(H,38,39)(H,40,41). The first-order valence-corrected chi connectivity index (χ1v) is 14.8. The Kier molecular flexibility index (Phi) is 15.5. The van der Waals surface area contributed by atoms with Crippen LogP contribution in [-0.2, 0) is 27.2 Å². The largest absolute Gasteiger partial charge is 0.494 e. The summed E-state index contributed by atoms with van der Waals surface area (Å²) in [6.07, 6.45) is 1.24. The lowest BCUT2D eigenvalue weighted by Crippen LogP contribution is -2.47. The molecule has 0 aliphatic rings. The molecule has 2 unspecified atom stereocenters. The van der Waals surface area contributed by atoms with E-state index in [1.54, 1.807) is 4.90 Å². The first-order valence-electron chi connectivity index (χ1n) is 14.8. The van der Waals surface area contributed by atoms with Crippen LogP contribution in [0, 0.1) is 0 Å². The van der Waals surface area contributed by atoms with E-state index in [1.807, 2.05) is 86.0 Å². The number of ether oxygens (including phenoxy) is 2. The summed E-state index contributed by atoms with van der Waals surface area (Å²) in [7, 11) is 0. The van der Waals surface area contributed by atoms with Gasteiger partial charge in [0.25, 0.3) is 0 Å². The Labute approximate surface area is 254 Å². The topological polar surface area (TPSA) is 140 Å². The van der Waals surface area contributed by atoms with Crippen LogP contribution in [0.3, 0.4) is 0 Å². The number of aliphatic carboxylic acids is 3. The van der Waals surface area contributed by atoms with Crippen molar-refractivity contribution in [3.63, 3.8) is 0 Å².